The van der Waals surface area contributed by atoms with E-state index in [2.05, 4.69) is 22.4 Å². The van der Waals surface area contributed by atoms with E-state index in [9.17, 15) is 4.79 Å². The molecule has 2 aromatic rings. The average Bonchev–Trinajstić information content (AvgIpc) is 3.16. The number of hydrogen-bond donors (Lipinski definition) is 1. The topological polar surface area (TPSA) is 74.5 Å². The molecular formula is C20H29N5O2. The largest absolute Gasteiger partial charge is 0.339 e. The number of piperidine rings is 1. The first-order chi connectivity index (χ1) is 13.1. The highest BCUT2D eigenvalue weighted by Crippen LogP contribution is 2.27. The lowest BCUT2D eigenvalue weighted by atomic mass is 9.97. The molecule has 2 heterocycles. The van der Waals surface area contributed by atoms with Gasteiger partial charge in [-0.3, -0.25) is 0 Å². The number of nitrogens with zero attached hydrogens (tertiary/aromatic N) is 4. The van der Waals surface area contributed by atoms with E-state index in [-0.39, 0.29) is 11.9 Å². The molecule has 7 nitrogen and oxygen atoms in total. The zero-order chi connectivity index (χ0) is 19.2. The maximum atomic E-state index is 12.7. The molecule has 7 heteroatoms. The molecule has 0 spiro atoms. The number of amides is 2. The molecule has 146 valence electrons. The summed E-state index contributed by atoms with van der Waals surface area (Å²) in [4.78, 5) is 20.9. The maximum Gasteiger partial charge on any atom is 0.320 e. The Kier molecular flexibility index (Phi) is 6.45. The molecule has 1 aromatic carbocycles. The number of likely N-dealkylation sites (tertiary alicyclic amines) is 1. The van der Waals surface area contributed by atoms with Gasteiger partial charge in [-0.15, -0.1) is 0 Å². The minimum absolute atomic E-state index is 0.0753. The maximum absolute atomic E-state index is 12.7. The number of hydrogen-bond acceptors (Lipinski definition) is 5. The van der Waals surface area contributed by atoms with Crippen molar-refractivity contribution >= 4 is 6.03 Å². The molecule has 27 heavy (non-hydrogen) atoms. The van der Waals surface area contributed by atoms with Gasteiger partial charge in [0, 0.05) is 45.1 Å². The molecule has 0 radical (unpaired) electrons. The number of carbonyl (C=O) groups excluding carboxylic acids is 1. The van der Waals surface area contributed by atoms with Gasteiger partial charge in [-0.05, 0) is 32.4 Å². The number of rotatable bonds is 6. The van der Waals surface area contributed by atoms with Gasteiger partial charge in [-0.1, -0.05) is 35.5 Å². The number of nitrogens with one attached hydrogen (secondary N) is 1. The Labute approximate surface area is 160 Å². The van der Waals surface area contributed by atoms with Crippen LogP contribution < -0.4 is 5.32 Å². The van der Waals surface area contributed by atoms with Crippen LogP contribution in [0.1, 0.15) is 43.0 Å². The number of urea groups is 1. The van der Waals surface area contributed by atoms with Gasteiger partial charge in [0.15, 0.2) is 5.82 Å². The van der Waals surface area contributed by atoms with Crippen LogP contribution >= 0.6 is 0 Å². The van der Waals surface area contributed by atoms with E-state index in [4.69, 9.17) is 4.52 Å². The zero-order valence-corrected chi connectivity index (χ0v) is 16.4. The van der Waals surface area contributed by atoms with Gasteiger partial charge in [-0.25, -0.2) is 4.79 Å². The summed E-state index contributed by atoms with van der Waals surface area (Å²) in [5.41, 5.74) is 1.14. The summed E-state index contributed by atoms with van der Waals surface area (Å²) < 4.78 is 5.47. The molecule has 0 saturated carbocycles. The van der Waals surface area contributed by atoms with Crippen molar-refractivity contribution in [1.82, 2.24) is 25.3 Å². The van der Waals surface area contributed by atoms with Crippen LogP contribution in [0.5, 0.6) is 0 Å². The molecule has 1 atom stereocenters. The fraction of sp³-hybridized carbons (Fsp3) is 0.550. The third-order valence-electron chi connectivity index (χ3n) is 5.17. The van der Waals surface area contributed by atoms with Crippen molar-refractivity contribution in [2.24, 2.45) is 0 Å². The third-order valence-corrected chi connectivity index (χ3v) is 5.17. The second kappa shape index (κ2) is 8.99. The fourth-order valence-electron chi connectivity index (χ4n) is 3.38. The van der Waals surface area contributed by atoms with E-state index in [0.717, 1.165) is 30.7 Å². The van der Waals surface area contributed by atoms with Crippen LogP contribution in [0.3, 0.4) is 0 Å². The van der Waals surface area contributed by atoms with Gasteiger partial charge < -0.3 is 19.6 Å². The predicted octanol–water partition coefficient (Wildman–Crippen LogP) is 2.65. The smallest absolute Gasteiger partial charge is 0.320 e. The van der Waals surface area contributed by atoms with Crippen molar-refractivity contribution in [2.75, 3.05) is 27.2 Å². The van der Waals surface area contributed by atoms with Crippen LogP contribution in [-0.4, -0.2) is 59.2 Å². The summed E-state index contributed by atoms with van der Waals surface area (Å²) in [5.74, 6) is 1.69. The lowest BCUT2D eigenvalue weighted by Crippen LogP contribution is -2.44. The summed E-state index contributed by atoms with van der Waals surface area (Å²) in [5, 5.41) is 7.27. The monoisotopic (exact) mass is 371 g/mol. The lowest BCUT2D eigenvalue weighted by molar-refractivity contribution is 0.143. The van der Waals surface area contributed by atoms with Gasteiger partial charge in [0.25, 0.3) is 0 Å². The van der Waals surface area contributed by atoms with E-state index in [1.54, 1.807) is 4.90 Å². The molecule has 1 aromatic heterocycles. The summed E-state index contributed by atoms with van der Waals surface area (Å²) in [7, 11) is 3.78. The summed E-state index contributed by atoms with van der Waals surface area (Å²) in [6, 6.07) is 10.4. The van der Waals surface area contributed by atoms with E-state index >= 15 is 0 Å². The van der Waals surface area contributed by atoms with Crippen LogP contribution in [-0.2, 0) is 13.0 Å². The van der Waals surface area contributed by atoms with Crippen molar-refractivity contribution in [3.8, 4) is 0 Å². The summed E-state index contributed by atoms with van der Waals surface area (Å²) >= 11 is 0. The second-order valence-electron chi connectivity index (χ2n) is 7.33. The molecule has 2 amide bonds. The van der Waals surface area contributed by atoms with Crippen LogP contribution in [0.4, 0.5) is 4.79 Å². The molecule has 3 rings (SSSR count). The van der Waals surface area contributed by atoms with Gasteiger partial charge in [0.1, 0.15) is 0 Å². The normalized spacial score (nSPS) is 16.3. The second-order valence-corrected chi connectivity index (χ2v) is 7.33. The van der Waals surface area contributed by atoms with Crippen molar-refractivity contribution in [3.05, 3.63) is 47.6 Å². The van der Waals surface area contributed by atoms with Gasteiger partial charge in [0.05, 0.1) is 0 Å². The van der Waals surface area contributed by atoms with Gasteiger partial charge in [-0.2, -0.15) is 4.98 Å². The third kappa shape index (κ3) is 5.07. The number of aromatic nitrogens is 2. The Hall–Kier alpha value is -2.41. The Bertz CT molecular complexity index is 725. The van der Waals surface area contributed by atoms with Crippen LogP contribution in [0.2, 0.25) is 0 Å². The van der Waals surface area contributed by atoms with Crippen LogP contribution in [0.25, 0.3) is 0 Å². The number of benzene rings is 1. The zero-order valence-electron chi connectivity index (χ0n) is 16.4. The molecule has 1 fully saturated rings. The first-order valence-electron chi connectivity index (χ1n) is 9.60. The molecule has 1 unspecified atom stereocenters. The van der Waals surface area contributed by atoms with Crippen molar-refractivity contribution in [1.29, 1.82) is 0 Å². The predicted molar refractivity (Wildman–Crippen MR) is 103 cm³/mol. The SMILES string of the molecule is CNC(C)Cc1noc(C2CCN(C(=O)N(C)Cc3ccccc3)CC2)n1. The van der Waals surface area contributed by atoms with E-state index in [1.165, 1.54) is 0 Å². The van der Waals surface area contributed by atoms with Crippen LogP contribution in [0.15, 0.2) is 34.9 Å². The van der Waals surface area contributed by atoms with Crippen molar-refractivity contribution in [2.45, 2.75) is 44.7 Å². The number of carbonyl (C=O) groups is 1. The molecule has 1 saturated heterocycles. The summed E-state index contributed by atoms with van der Waals surface area (Å²) in [6.45, 7) is 4.14. The molecule has 0 aliphatic carbocycles. The highest BCUT2D eigenvalue weighted by atomic mass is 16.5. The molecule has 0 bridgehead atoms. The van der Waals surface area contributed by atoms with Gasteiger partial charge >= 0.3 is 6.03 Å². The van der Waals surface area contributed by atoms with Gasteiger partial charge in [0.2, 0.25) is 5.89 Å². The minimum atomic E-state index is 0.0753. The Morgan fingerprint density at radius 1 is 1.33 bits per heavy atom. The van der Waals surface area contributed by atoms with E-state index in [1.807, 2.05) is 49.3 Å². The highest BCUT2D eigenvalue weighted by Gasteiger charge is 2.29. The summed E-state index contributed by atoms with van der Waals surface area (Å²) in [6.07, 6.45) is 2.46. The molecular weight excluding hydrogens is 342 g/mol. The Morgan fingerprint density at radius 3 is 2.70 bits per heavy atom. The minimum Gasteiger partial charge on any atom is -0.339 e. The number of likely N-dealkylation sites (N-methyl/N-ethyl adjacent to an activating group) is 1. The Balaban J connectivity index is 1.50. The standard InChI is InChI=1S/C20H29N5O2/c1-15(21-2)13-18-22-19(27-23-18)17-9-11-25(12-10-17)20(26)24(3)14-16-7-5-4-6-8-16/h4-8,15,17,21H,9-14H2,1-3H3. The van der Waals surface area contributed by atoms with E-state index in [0.29, 0.717) is 31.6 Å². The first kappa shape index (κ1) is 19.4. The lowest BCUT2D eigenvalue weighted by Gasteiger charge is -2.33. The Morgan fingerprint density at radius 2 is 2.04 bits per heavy atom. The van der Waals surface area contributed by atoms with Crippen LogP contribution in [0, 0.1) is 0 Å². The van der Waals surface area contributed by atoms with E-state index < -0.39 is 0 Å². The quantitative estimate of drug-likeness (QED) is 0.845. The van der Waals surface area contributed by atoms with Crippen molar-refractivity contribution in [3.63, 3.8) is 0 Å². The average molecular weight is 371 g/mol. The fourth-order valence-corrected chi connectivity index (χ4v) is 3.38. The molecule has 1 N–H and O–H groups in total. The molecule has 1 aliphatic rings. The van der Waals surface area contributed by atoms with Crippen molar-refractivity contribution < 1.29 is 9.32 Å². The molecule has 1 aliphatic heterocycles. The first-order valence-corrected chi connectivity index (χ1v) is 9.60. The highest BCUT2D eigenvalue weighted by molar-refractivity contribution is 5.74.